The maximum absolute atomic E-state index is 2.52. The Hall–Kier alpha value is -4.51. The summed E-state index contributed by atoms with van der Waals surface area (Å²) in [5, 5.41) is 12.1. The van der Waals surface area contributed by atoms with E-state index < -0.39 is 0 Å². The first-order chi connectivity index (χ1) is 24.5. The third kappa shape index (κ3) is 6.68. The molecule has 0 aliphatic heterocycles. The Morgan fingerprint density at radius 2 is 0.941 bits per heavy atom. The van der Waals surface area contributed by atoms with Crippen molar-refractivity contribution in [3.8, 4) is 33.4 Å². The van der Waals surface area contributed by atoms with Crippen LogP contribution in [0.5, 0.6) is 0 Å². The van der Waals surface area contributed by atoms with Gasteiger partial charge in [0.25, 0.3) is 0 Å². The molecule has 0 bridgehead atoms. The summed E-state index contributed by atoms with van der Waals surface area (Å²) in [5.41, 5.74) is 8.52. The van der Waals surface area contributed by atoms with Crippen LogP contribution in [0, 0.1) is 10.8 Å². The summed E-state index contributed by atoms with van der Waals surface area (Å²) in [6.45, 7) is 14.4. The summed E-state index contributed by atoms with van der Waals surface area (Å²) in [6, 6.07) is 48.3. The monoisotopic (exact) mass is 680 g/mol. The van der Waals surface area contributed by atoms with Gasteiger partial charge in [-0.25, -0.2) is 0 Å². The van der Waals surface area contributed by atoms with Crippen LogP contribution in [0.15, 0.2) is 127 Å². The molecule has 0 atom stereocenters. The van der Waals surface area contributed by atoms with Gasteiger partial charge in [-0.05, 0) is 130 Å². The SMILES string of the molecule is CC(C)(C)CP(CC(C)(C)C)c1cccc(-c2ccc3c(-c4cccc5ccccc45)c4c(c(-c5cccc6ccccc56)c3c2)=CCCC=4)c1. The van der Waals surface area contributed by atoms with E-state index >= 15 is 0 Å². The molecule has 0 saturated carbocycles. The fourth-order valence-electron chi connectivity index (χ4n) is 8.32. The van der Waals surface area contributed by atoms with E-state index in [9.17, 15) is 0 Å². The van der Waals surface area contributed by atoms with Gasteiger partial charge in [0, 0.05) is 0 Å². The van der Waals surface area contributed by atoms with Gasteiger partial charge < -0.3 is 0 Å². The summed E-state index contributed by atoms with van der Waals surface area (Å²) >= 11 is 0. The standard InChI is InChI=1S/C50H49P/c1-49(2,3)32-51(33-50(4,5)6)38-21-13-20-36(30-38)37-28-29-45-46(31-37)48(42-27-15-19-35-17-8-10-23-40(35)42)44-25-12-11-24-43(44)47(45)41-26-14-18-34-16-7-9-22-39(34)41/h7-10,13-31H,11-12,32-33H2,1-6H3. The van der Waals surface area contributed by atoms with Crippen molar-refractivity contribution < 1.29 is 0 Å². The second-order valence-electron chi connectivity index (χ2n) is 16.9. The van der Waals surface area contributed by atoms with Crippen LogP contribution >= 0.6 is 7.92 Å². The number of hydrogen-bond acceptors (Lipinski definition) is 0. The van der Waals surface area contributed by atoms with Crippen LogP contribution in [0.1, 0.15) is 54.4 Å². The van der Waals surface area contributed by atoms with Crippen LogP contribution in [0.3, 0.4) is 0 Å². The van der Waals surface area contributed by atoms with E-state index in [2.05, 4.69) is 181 Å². The Kier molecular flexibility index (Phi) is 8.72. The molecule has 0 aromatic heterocycles. The van der Waals surface area contributed by atoms with Crippen LogP contribution in [-0.2, 0) is 0 Å². The molecule has 0 fully saturated rings. The quantitative estimate of drug-likeness (QED) is 0.153. The highest BCUT2D eigenvalue weighted by Crippen LogP contribution is 2.46. The molecular formula is C50H49P. The number of benzene rings is 7. The van der Waals surface area contributed by atoms with E-state index in [1.807, 2.05) is 0 Å². The zero-order valence-corrected chi connectivity index (χ0v) is 31.9. The molecule has 8 rings (SSSR count). The van der Waals surface area contributed by atoms with Gasteiger partial charge in [0.1, 0.15) is 0 Å². The van der Waals surface area contributed by atoms with Crippen LogP contribution < -0.4 is 15.7 Å². The Morgan fingerprint density at radius 3 is 1.51 bits per heavy atom. The van der Waals surface area contributed by atoms with Gasteiger partial charge in [-0.2, -0.15) is 0 Å². The van der Waals surface area contributed by atoms with Gasteiger partial charge >= 0.3 is 0 Å². The largest absolute Gasteiger partial charge is 0.0757 e. The number of hydrogen-bond donors (Lipinski definition) is 0. The lowest BCUT2D eigenvalue weighted by molar-refractivity contribution is 0.460. The average Bonchev–Trinajstić information content (AvgIpc) is 3.12. The van der Waals surface area contributed by atoms with Crippen molar-refractivity contribution in [1.29, 1.82) is 0 Å². The van der Waals surface area contributed by atoms with Crippen molar-refractivity contribution in [2.45, 2.75) is 54.4 Å². The van der Waals surface area contributed by atoms with Crippen LogP contribution in [0.4, 0.5) is 0 Å². The maximum atomic E-state index is 2.52. The van der Waals surface area contributed by atoms with Crippen molar-refractivity contribution in [3.63, 3.8) is 0 Å². The fraction of sp³-hybridized carbons (Fsp3) is 0.240. The molecule has 254 valence electrons. The summed E-state index contributed by atoms with van der Waals surface area (Å²) in [7, 11) is -0.304. The molecule has 51 heavy (non-hydrogen) atoms. The van der Waals surface area contributed by atoms with Gasteiger partial charge in [0.2, 0.25) is 0 Å². The third-order valence-electron chi connectivity index (χ3n) is 10.2. The van der Waals surface area contributed by atoms with Crippen molar-refractivity contribution in [3.05, 3.63) is 138 Å². The highest BCUT2D eigenvalue weighted by molar-refractivity contribution is 7.65. The molecule has 0 nitrogen and oxygen atoms in total. The minimum Gasteiger partial charge on any atom is -0.0757 e. The van der Waals surface area contributed by atoms with E-state index in [4.69, 9.17) is 0 Å². The van der Waals surface area contributed by atoms with Crippen molar-refractivity contribution in [2.24, 2.45) is 10.8 Å². The van der Waals surface area contributed by atoms with E-state index in [0.29, 0.717) is 0 Å². The van der Waals surface area contributed by atoms with Crippen molar-refractivity contribution >= 4 is 57.7 Å². The van der Waals surface area contributed by atoms with Gasteiger partial charge in [0.15, 0.2) is 0 Å². The van der Waals surface area contributed by atoms with Crippen LogP contribution in [0.25, 0.3) is 77.9 Å². The molecule has 0 saturated heterocycles. The second-order valence-corrected chi connectivity index (χ2v) is 19.1. The topological polar surface area (TPSA) is 0 Å². The Labute approximate surface area is 305 Å². The van der Waals surface area contributed by atoms with Gasteiger partial charge in [0.05, 0.1) is 0 Å². The molecule has 0 spiro atoms. The molecule has 1 heteroatoms. The van der Waals surface area contributed by atoms with Gasteiger partial charge in [-0.3, -0.25) is 0 Å². The predicted molar refractivity (Wildman–Crippen MR) is 228 cm³/mol. The molecule has 0 amide bonds. The highest BCUT2D eigenvalue weighted by atomic mass is 31.1. The first-order valence-electron chi connectivity index (χ1n) is 18.7. The van der Waals surface area contributed by atoms with E-state index in [0.717, 1.165) is 12.8 Å². The third-order valence-corrected chi connectivity index (χ3v) is 13.9. The summed E-state index contributed by atoms with van der Waals surface area (Å²) in [5.74, 6) is 0. The van der Waals surface area contributed by atoms with Crippen molar-refractivity contribution in [1.82, 2.24) is 0 Å². The summed E-state index contributed by atoms with van der Waals surface area (Å²) in [4.78, 5) is 0. The molecule has 0 heterocycles. The van der Waals surface area contributed by atoms with Crippen LogP contribution in [-0.4, -0.2) is 12.3 Å². The zero-order valence-electron chi connectivity index (χ0n) is 31.1. The first-order valence-corrected chi connectivity index (χ1v) is 20.4. The normalized spacial score (nSPS) is 13.4. The van der Waals surface area contributed by atoms with Crippen LogP contribution in [0.2, 0.25) is 0 Å². The minimum atomic E-state index is -0.304. The average molecular weight is 681 g/mol. The predicted octanol–water partition coefficient (Wildman–Crippen LogP) is 12.7. The molecule has 1 aliphatic carbocycles. The molecular weight excluding hydrogens is 632 g/mol. The van der Waals surface area contributed by atoms with Gasteiger partial charge in [-0.1, -0.05) is 177 Å². The molecule has 0 unspecified atom stereocenters. The second kappa shape index (κ2) is 13.2. The molecule has 7 aromatic rings. The Bertz CT molecular complexity index is 2530. The maximum Gasteiger partial charge on any atom is -0.00232 e. The molecule has 0 radical (unpaired) electrons. The lowest BCUT2D eigenvalue weighted by atomic mass is 9.83. The smallest absolute Gasteiger partial charge is 0.00232 e. The van der Waals surface area contributed by atoms with Gasteiger partial charge in [-0.15, -0.1) is 0 Å². The highest BCUT2D eigenvalue weighted by Gasteiger charge is 2.25. The number of rotatable bonds is 6. The lowest BCUT2D eigenvalue weighted by Gasteiger charge is -2.32. The Balaban J connectivity index is 1.43. The Morgan fingerprint density at radius 1 is 0.451 bits per heavy atom. The zero-order chi connectivity index (χ0) is 35.3. The summed E-state index contributed by atoms with van der Waals surface area (Å²) < 4.78 is 0. The summed E-state index contributed by atoms with van der Waals surface area (Å²) in [6.07, 6.45) is 9.60. The first kappa shape index (κ1) is 33.6. The molecule has 7 aromatic carbocycles. The van der Waals surface area contributed by atoms with E-state index in [1.165, 1.54) is 93.8 Å². The molecule has 1 aliphatic rings. The fourth-order valence-corrected chi connectivity index (χ4v) is 11.7. The molecule has 0 N–H and O–H groups in total. The minimum absolute atomic E-state index is 0.286. The van der Waals surface area contributed by atoms with Crippen molar-refractivity contribution in [2.75, 3.05) is 12.3 Å². The van der Waals surface area contributed by atoms with E-state index in [1.54, 1.807) is 0 Å². The lowest BCUT2D eigenvalue weighted by Crippen LogP contribution is -2.31. The van der Waals surface area contributed by atoms with E-state index in [-0.39, 0.29) is 18.8 Å². The number of fused-ring (bicyclic) bond motifs is 4.